The summed E-state index contributed by atoms with van der Waals surface area (Å²) in [6.45, 7) is 1.22. The third-order valence-electron chi connectivity index (χ3n) is 4.69. The van der Waals surface area contributed by atoms with Gasteiger partial charge in [0.2, 0.25) is 0 Å². The molecule has 1 atom stereocenters. The van der Waals surface area contributed by atoms with E-state index in [0.717, 1.165) is 18.4 Å². The van der Waals surface area contributed by atoms with Crippen LogP contribution < -0.4 is 10.3 Å². The van der Waals surface area contributed by atoms with Gasteiger partial charge in [-0.1, -0.05) is 12.1 Å². The van der Waals surface area contributed by atoms with Crippen molar-refractivity contribution < 1.29 is 23.0 Å². The number of rotatable bonds is 5. The minimum Gasteiger partial charge on any atom is -0.406 e. The molecule has 148 valence electrons. The number of halogens is 3. The van der Waals surface area contributed by atoms with Gasteiger partial charge in [0.05, 0.1) is 12.6 Å². The minimum absolute atomic E-state index is 0.213. The van der Waals surface area contributed by atoms with Crippen molar-refractivity contribution in [2.75, 3.05) is 0 Å². The van der Waals surface area contributed by atoms with Gasteiger partial charge in [-0.2, -0.15) is 5.10 Å². The Hall–Kier alpha value is -2.88. The lowest BCUT2D eigenvalue weighted by Gasteiger charge is -2.19. The number of aliphatic hydroxyl groups is 1. The zero-order valence-electron chi connectivity index (χ0n) is 14.8. The zero-order chi connectivity index (χ0) is 20.1. The molecule has 0 aliphatic heterocycles. The smallest absolute Gasteiger partial charge is 0.406 e. The van der Waals surface area contributed by atoms with Gasteiger partial charge in [0.1, 0.15) is 22.7 Å². The van der Waals surface area contributed by atoms with Crippen LogP contribution in [0.25, 0.3) is 11.0 Å². The van der Waals surface area contributed by atoms with Gasteiger partial charge in [-0.15, -0.1) is 13.2 Å². The molecule has 3 aromatic rings. The summed E-state index contributed by atoms with van der Waals surface area (Å²) in [6.07, 6.45) is -2.92. The second-order valence-electron chi connectivity index (χ2n) is 6.80. The number of aromatic nitrogens is 4. The van der Waals surface area contributed by atoms with E-state index in [2.05, 4.69) is 19.8 Å². The molecule has 2 N–H and O–H groups in total. The molecule has 2 aromatic heterocycles. The summed E-state index contributed by atoms with van der Waals surface area (Å²) in [7, 11) is 0. The number of fused-ring (bicyclic) bond motifs is 1. The molecule has 7 nitrogen and oxygen atoms in total. The highest BCUT2D eigenvalue weighted by Crippen LogP contribution is 2.44. The molecule has 1 aliphatic rings. The Morgan fingerprint density at radius 2 is 2.00 bits per heavy atom. The average molecular weight is 394 g/mol. The predicted molar refractivity (Wildman–Crippen MR) is 92.8 cm³/mol. The number of aryl methyl sites for hydroxylation is 1. The first-order valence-corrected chi connectivity index (χ1v) is 8.71. The lowest BCUT2D eigenvalue weighted by Crippen LogP contribution is -2.18. The van der Waals surface area contributed by atoms with Crippen molar-refractivity contribution in [1.82, 2.24) is 19.7 Å². The Morgan fingerprint density at radius 1 is 1.32 bits per heavy atom. The second kappa shape index (κ2) is 6.62. The molecular weight excluding hydrogens is 377 g/mol. The van der Waals surface area contributed by atoms with Crippen molar-refractivity contribution in [2.45, 2.75) is 38.8 Å². The third kappa shape index (κ3) is 3.47. The monoisotopic (exact) mass is 394 g/mol. The quantitative estimate of drug-likeness (QED) is 0.694. The van der Waals surface area contributed by atoms with Crippen molar-refractivity contribution in [3.8, 4) is 5.75 Å². The van der Waals surface area contributed by atoms with Crippen molar-refractivity contribution in [3.63, 3.8) is 0 Å². The van der Waals surface area contributed by atoms with Crippen LogP contribution in [0.1, 0.15) is 36.0 Å². The van der Waals surface area contributed by atoms with Crippen molar-refractivity contribution in [2.24, 2.45) is 5.92 Å². The maximum absolute atomic E-state index is 12.4. The van der Waals surface area contributed by atoms with Gasteiger partial charge in [-0.3, -0.25) is 4.79 Å². The molecule has 1 aromatic carbocycles. The van der Waals surface area contributed by atoms with E-state index in [-0.39, 0.29) is 34.3 Å². The minimum atomic E-state index is -4.76. The number of hydrogen-bond acceptors (Lipinski definition) is 5. The Kier molecular flexibility index (Phi) is 4.37. The second-order valence-corrected chi connectivity index (χ2v) is 6.80. The van der Waals surface area contributed by atoms with Gasteiger partial charge in [-0.05, 0) is 43.4 Å². The molecule has 1 fully saturated rings. The van der Waals surface area contributed by atoms with Crippen LogP contribution in [0.2, 0.25) is 0 Å². The van der Waals surface area contributed by atoms with Crippen LogP contribution in [0.5, 0.6) is 5.75 Å². The molecule has 0 spiro atoms. The van der Waals surface area contributed by atoms with Crippen LogP contribution >= 0.6 is 0 Å². The summed E-state index contributed by atoms with van der Waals surface area (Å²) in [5.74, 6) is 0.314. The largest absolute Gasteiger partial charge is 0.573 e. The van der Waals surface area contributed by atoms with Crippen LogP contribution in [-0.4, -0.2) is 31.2 Å². The molecule has 0 saturated heterocycles. The standard InChI is InChI=1S/C18H17F3N4O3/c1-9-22-16-14(17(27)23-9)13(8-26)24-25(16)15(10-2-3-10)11-4-6-12(7-5-11)28-18(19,20)21/h4-7,10,15,26H,2-3,8H2,1H3,(H,22,23,27)/t15-/m1/s1. The van der Waals surface area contributed by atoms with E-state index in [1.165, 1.54) is 12.1 Å². The number of benzene rings is 1. The molecule has 1 aliphatic carbocycles. The fourth-order valence-corrected chi connectivity index (χ4v) is 3.42. The number of ether oxygens (including phenoxy) is 1. The highest BCUT2D eigenvalue weighted by atomic mass is 19.4. The number of aromatic amines is 1. The van der Waals surface area contributed by atoms with Gasteiger partial charge < -0.3 is 14.8 Å². The molecule has 0 radical (unpaired) electrons. The first-order chi connectivity index (χ1) is 13.3. The van der Waals surface area contributed by atoms with E-state index in [1.54, 1.807) is 23.7 Å². The molecule has 4 rings (SSSR count). The Bertz CT molecular complexity index is 1070. The molecule has 28 heavy (non-hydrogen) atoms. The fourth-order valence-electron chi connectivity index (χ4n) is 3.42. The zero-order valence-corrected chi connectivity index (χ0v) is 14.8. The van der Waals surface area contributed by atoms with Gasteiger partial charge in [0.15, 0.2) is 5.65 Å². The SMILES string of the molecule is Cc1nc2c(c(CO)nn2[C@@H](c2ccc(OC(F)(F)F)cc2)C2CC2)c(=O)[nH]1. The fraction of sp³-hybridized carbons (Fsp3) is 0.389. The number of nitrogens with one attached hydrogen (secondary N) is 1. The molecule has 0 amide bonds. The van der Waals surface area contributed by atoms with E-state index < -0.39 is 13.0 Å². The maximum Gasteiger partial charge on any atom is 0.573 e. The summed E-state index contributed by atoms with van der Waals surface area (Å²) in [5.41, 5.74) is 0.899. The molecule has 0 bridgehead atoms. The highest BCUT2D eigenvalue weighted by Gasteiger charge is 2.37. The van der Waals surface area contributed by atoms with E-state index in [1.807, 2.05) is 0 Å². The number of H-pyrrole nitrogens is 1. The molecule has 2 heterocycles. The van der Waals surface area contributed by atoms with E-state index >= 15 is 0 Å². The maximum atomic E-state index is 12.4. The molecule has 1 saturated carbocycles. The Balaban J connectivity index is 1.80. The van der Waals surface area contributed by atoms with Crippen molar-refractivity contribution >= 4 is 11.0 Å². The lowest BCUT2D eigenvalue weighted by molar-refractivity contribution is -0.274. The molecule has 0 unspecified atom stereocenters. The predicted octanol–water partition coefficient (Wildman–Crippen LogP) is 2.82. The summed E-state index contributed by atoms with van der Waals surface area (Å²) >= 11 is 0. The van der Waals surface area contributed by atoms with Crippen LogP contribution in [-0.2, 0) is 6.61 Å². The summed E-state index contributed by atoms with van der Waals surface area (Å²) < 4.78 is 42.7. The van der Waals surface area contributed by atoms with Crippen LogP contribution in [0.15, 0.2) is 29.1 Å². The van der Waals surface area contributed by atoms with E-state index in [4.69, 9.17) is 0 Å². The number of nitrogens with zero attached hydrogens (tertiary/aromatic N) is 3. The van der Waals surface area contributed by atoms with Crippen LogP contribution in [0.3, 0.4) is 0 Å². The van der Waals surface area contributed by atoms with Gasteiger partial charge in [0, 0.05) is 0 Å². The Labute approximate surface area is 156 Å². The van der Waals surface area contributed by atoms with Gasteiger partial charge in [0.25, 0.3) is 5.56 Å². The molecular formula is C18H17F3N4O3. The van der Waals surface area contributed by atoms with Gasteiger partial charge >= 0.3 is 6.36 Å². The topological polar surface area (TPSA) is 93.0 Å². The van der Waals surface area contributed by atoms with Gasteiger partial charge in [-0.25, -0.2) is 9.67 Å². The number of hydrogen-bond donors (Lipinski definition) is 2. The van der Waals surface area contributed by atoms with Crippen LogP contribution in [0, 0.1) is 12.8 Å². The molecule has 10 heteroatoms. The lowest BCUT2D eigenvalue weighted by atomic mass is 10.0. The highest BCUT2D eigenvalue weighted by molar-refractivity contribution is 5.77. The first kappa shape index (κ1) is 18.5. The van der Waals surface area contributed by atoms with E-state index in [0.29, 0.717) is 11.5 Å². The normalized spacial score (nSPS) is 15.8. The summed E-state index contributed by atoms with van der Waals surface area (Å²) in [4.78, 5) is 19.3. The van der Waals surface area contributed by atoms with E-state index in [9.17, 15) is 23.1 Å². The Morgan fingerprint density at radius 3 is 2.57 bits per heavy atom. The number of alkyl halides is 3. The van der Waals surface area contributed by atoms with Crippen molar-refractivity contribution in [1.29, 1.82) is 0 Å². The number of aliphatic hydroxyl groups excluding tert-OH is 1. The third-order valence-corrected chi connectivity index (χ3v) is 4.69. The summed E-state index contributed by atoms with van der Waals surface area (Å²) in [6, 6.07) is 5.30. The summed E-state index contributed by atoms with van der Waals surface area (Å²) in [5, 5.41) is 14.2. The average Bonchev–Trinajstić information content (AvgIpc) is 3.37. The van der Waals surface area contributed by atoms with Crippen LogP contribution in [0.4, 0.5) is 13.2 Å². The first-order valence-electron chi connectivity index (χ1n) is 8.71. The van der Waals surface area contributed by atoms with Crippen molar-refractivity contribution in [3.05, 3.63) is 51.7 Å².